The molecule has 1 aromatic heterocycles. The largest absolute Gasteiger partial charge is 0.481 e. The van der Waals surface area contributed by atoms with Gasteiger partial charge in [0.05, 0.1) is 12.8 Å². The monoisotopic (exact) mass is 238 g/mol. The van der Waals surface area contributed by atoms with Gasteiger partial charge < -0.3 is 15.4 Å². The molecule has 94 valence electrons. The Hall–Kier alpha value is -1.56. The molecule has 1 amide bonds. The number of carbonyl (C=O) groups excluding carboxylic acids is 1. The average Bonchev–Trinajstić information content (AvgIpc) is 2.85. The van der Waals surface area contributed by atoms with E-state index in [1.165, 1.54) is 0 Å². The van der Waals surface area contributed by atoms with Gasteiger partial charge >= 0.3 is 0 Å². The molecule has 1 unspecified atom stereocenters. The Kier molecular flexibility index (Phi) is 3.63. The second kappa shape index (κ2) is 5.18. The van der Waals surface area contributed by atoms with E-state index in [1.54, 1.807) is 11.8 Å². The van der Waals surface area contributed by atoms with Crippen LogP contribution >= 0.6 is 0 Å². The summed E-state index contributed by atoms with van der Waals surface area (Å²) in [5, 5.41) is 10.5. The SMILES string of the molecule is COc1cc(CNCC2CCC(=O)N2)nn1C. The Balaban J connectivity index is 1.76. The summed E-state index contributed by atoms with van der Waals surface area (Å²) in [5.74, 6) is 0.896. The van der Waals surface area contributed by atoms with Crippen molar-refractivity contribution in [3.8, 4) is 5.88 Å². The van der Waals surface area contributed by atoms with Gasteiger partial charge in [0, 0.05) is 38.7 Å². The number of hydrogen-bond acceptors (Lipinski definition) is 4. The molecule has 1 aromatic rings. The van der Waals surface area contributed by atoms with Gasteiger partial charge in [0.15, 0.2) is 0 Å². The van der Waals surface area contributed by atoms with Crippen molar-refractivity contribution in [2.24, 2.45) is 7.05 Å². The van der Waals surface area contributed by atoms with Crippen molar-refractivity contribution in [2.75, 3.05) is 13.7 Å². The van der Waals surface area contributed by atoms with E-state index in [1.807, 2.05) is 13.1 Å². The summed E-state index contributed by atoms with van der Waals surface area (Å²) in [6.45, 7) is 1.47. The first-order valence-electron chi connectivity index (χ1n) is 5.76. The van der Waals surface area contributed by atoms with Crippen LogP contribution < -0.4 is 15.4 Å². The second-order valence-corrected chi connectivity index (χ2v) is 4.24. The molecule has 0 aromatic carbocycles. The molecule has 1 aliphatic heterocycles. The van der Waals surface area contributed by atoms with Crippen LogP contribution in [-0.4, -0.2) is 35.4 Å². The summed E-state index contributed by atoms with van der Waals surface area (Å²) in [5.41, 5.74) is 0.939. The minimum Gasteiger partial charge on any atom is -0.481 e. The zero-order valence-electron chi connectivity index (χ0n) is 10.2. The van der Waals surface area contributed by atoms with Crippen molar-refractivity contribution in [3.05, 3.63) is 11.8 Å². The highest BCUT2D eigenvalue weighted by atomic mass is 16.5. The smallest absolute Gasteiger partial charge is 0.220 e. The lowest BCUT2D eigenvalue weighted by Crippen LogP contribution is -2.35. The van der Waals surface area contributed by atoms with Crippen LogP contribution in [-0.2, 0) is 18.4 Å². The van der Waals surface area contributed by atoms with Crippen molar-refractivity contribution in [3.63, 3.8) is 0 Å². The van der Waals surface area contributed by atoms with Crippen molar-refractivity contribution < 1.29 is 9.53 Å². The summed E-state index contributed by atoms with van der Waals surface area (Å²) >= 11 is 0. The van der Waals surface area contributed by atoms with Crippen LogP contribution in [0.3, 0.4) is 0 Å². The van der Waals surface area contributed by atoms with Gasteiger partial charge in [-0.15, -0.1) is 0 Å². The van der Waals surface area contributed by atoms with Crippen LogP contribution in [0.4, 0.5) is 0 Å². The lowest BCUT2D eigenvalue weighted by molar-refractivity contribution is -0.119. The number of nitrogens with one attached hydrogen (secondary N) is 2. The number of amides is 1. The highest BCUT2D eigenvalue weighted by Crippen LogP contribution is 2.11. The number of methoxy groups -OCH3 is 1. The summed E-state index contributed by atoms with van der Waals surface area (Å²) in [6, 6.07) is 2.16. The van der Waals surface area contributed by atoms with Gasteiger partial charge in [-0.05, 0) is 6.42 Å². The molecule has 0 bridgehead atoms. The molecule has 6 heteroatoms. The van der Waals surface area contributed by atoms with Gasteiger partial charge in [0.2, 0.25) is 11.8 Å². The first kappa shape index (κ1) is 11.9. The fourth-order valence-corrected chi connectivity index (χ4v) is 1.99. The van der Waals surface area contributed by atoms with Crippen LogP contribution in [0, 0.1) is 0 Å². The van der Waals surface area contributed by atoms with Gasteiger partial charge in [0.25, 0.3) is 0 Å². The second-order valence-electron chi connectivity index (χ2n) is 4.24. The number of aromatic nitrogens is 2. The molecule has 2 N–H and O–H groups in total. The predicted molar refractivity (Wildman–Crippen MR) is 62.6 cm³/mol. The number of aryl methyl sites for hydroxylation is 1. The summed E-state index contributed by atoms with van der Waals surface area (Å²) in [7, 11) is 3.47. The Morgan fingerprint density at radius 1 is 1.71 bits per heavy atom. The first-order valence-corrected chi connectivity index (χ1v) is 5.76. The van der Waals surface area contributed by atoms with Crippen molar-refractivity contribution in [2.45, 2.75) is 25.4 Å². The van der Waals surface area contributed by atoms with Crippen LogP contribution in [0.2, 0.25) is 0 Å². The molecule has 2 heterocycles. The van der Waals surface area contributed by atoms with Gasteiger partial charge in [-0.1, -0.05) is 0 Å². The highest BCUT2D eigenvalue weighted by molar-refractivity contribution is 5.78. The fourth-order valence-electron chi connectivity index (χ4n) is 1.99. The maximum atomic E-state index is 11.0. The molecule has 1 saturated heterocycles. The minimum atomic E-state index is 0.149. The Morgan fingerprint density at radius 2 is 2.53 bits per heavy atom. The molecular weight excluding hydrogens is 220 g/mol. The molecule has 6 nitrogen and oxygen atoms in total. The van der Waals surface area contributed by atoms with Gasteiger partial charge in [-0.25, -0.2) is 4.68 Å². The molecular formula is C11H18N4O2. The maximum absolute atomic E-state index is 11.0. The van der Waals surface area contributed by atoms with Crippen LogP contribution in [0.1, 0.15) is 18.5 Å². The lowest BCUT2D eigenvalue weighted by atomic mass is 10.2. The van der Waals surface area contributed by atoms with E-state index in [4.69, 9.17) is 4.74 Å². The van der Waals surface area contributed by atoms with E-state index in [9.17, 15) is 4.79 Å². The topological polar surface area (TPSA) is 68.2 Å². The molecule has 0 aliphatic carbocycles. The summed E-state index contributed by atoms with van der Waals surface area (Å²) in [4.78, 5) is 11.0. The Morgan fingerprint density at radius 3 is 3.12 bits per heavy atom. The number of ether oxygens (including phenoxy) is 1. The van der Waals surface area contributed by atoms with Crippen LogP contribution in [0.25, 0.3) is 0 Å². The van der Waals surface area contributed by atoms with E-state index in [2.05, 4.69) is 15.7 Å². The van der Waals surface area contributed by atoms with E-state index in [0.29, 0.717) is 13.0 Å². The fraction of sp³-hybridized carbons (Fsp3) is 0.636. The molecule has 1 fully saturated rings. The average molecular weight is 238 g/mol. The summed E-state index contributed by atoms with van der Waals surface area (Å²) in [6.07, 6.45) is 1.56. The van der Waals surface area contributed by atoms with E-state index in [-0.39, 0.29) is 11.9 Å². The molecule has 2 rings (SSSR count). The number of carbonyl (C=O) groups is 1. The number of hydrogen-bond donors (Lipinski definition) is 2. The zero-order valence-corrected chi connectivity index (χ0v) is 10.2. The minimum absolute atomic E-state index is 0.149. The van der Waals surface area contributed by atoms with Gasteiger partial charge in [-0.3, -0.25) is 4.79 Å². The Bertz CT molecular complexity index is 402. The van der Waals surface area contributed by atoms with Crippen molar-refractivity contribution in [1.82, 2.24) is 20.4 Å². The third-order valence-electron chi connectivity index (χ3n) is 2.88. The van der Waals surface area contributed by atoms with Crippen LogP contribution in [0.15, 0.2) is 6.07 Å². The molecule has 0 saturated carbocycles. The molecule has 17 heavy (non-hydrogen) atoms. The molecule has 0 spiro atoms. The van der Waals surface area contributed by atoms with Gasteiger partial charge in [-0.2, -0.15) is 5.10 Å². The quantitative estimate of drug-likeness (QED) is 0.745. The van der Waals surface area contributed by atoms with Crippen molar-refractivity contribution >= 4 is 5.91 Å². The van der Waals surface area contributed by atoms with E-state index in [0.717, 1.165) is 24.5 Å². The zero-order chi connectivity index (χ0) is 12.3. The van der Waals surface area contributed by atoms with E-state index < -0.39 is 0 Å². The molecule has 0 radical (unpaired) electrons. The highest BCUT2D eigenvalue weighted by Gasteiger charge is 2.19. The molecule has 1 atom stereocenters. The van der Waals surface area contributed by atoms with Crippen LogP contribution in [0.5, 0.6) is 5.88 Å². The number of nitrogens with zero attached hydrogens (tertiary/aromatic N) is 2. The Labute approximate surface area is 100 Å². The normalized spacial score (nSPS) is 19.4. The maximum Gasteiger partial charge on any atom is 0.220 e. The van der Waals surface area contributed by atoms with Gasteiger partial charge in [0.1, 0.15) is 0 Å². The summed E-state index contributed by atoms with van der Waals surface area (Å²) < 4.78 is 6.84. The third kappa shape index (κ3) is 2.97. The standard InChI is InChI=1S/C11H18N4O2/c1-15-11(17-2)5-9(14-15)7-12-6-8-3-4-10(16)13-8/h5,8,12H,3-4,6-7H2,1-2H3,(H,13,16). The van der Waals surface area contributed by atoms with E-state index >= 15 is 0 Å². The lowest BCUT2D eigenvalue weighted by Gasteiger charge is -2.09. The number of rotatable bonds is 5. The third-order valence-corrected chi connectivity index (χ3v) is 2.88. The predicted octanol–water partition coefficient (Wildman–Crippen LogP) is -0.203. The van der Waals surface area contributed by atoms with Crippen molar-refractivity contribution in [1.29, 1.82) is 0 Å². The molecule has 1 aliphatic rings. The first-order chi connectivity index (χ1) is 8.19.